The minimum atomic E-state index is -0.521. The molecule has 0 aliphatic carbocycles. The molecule has 2 amide bonds. The zero-order valence-corrected chi connectivity index (χ0v) is 17.5. The van der Waals surface area contributed by atoms with Crippen molar-refractivity contribution in [2.24, 2.45) is 0 Å². The second-order valence-corrected chi connectivity index (χ2v) is 8.48. The quantitative estimate of drug-likeness (QED) is 0.830. The molecule has 30 heavy (non-hydrogen) atoms. The summed E-state index contributed by atoms with van der Waals surface area (Å²) in [5.74, 6) is 1.07. The number of amides is 2. The van der Waals surface area contributed by atoms with Crippen LogP contribution in [0.4, 0.5) is 10.5 Å². The molecule has 2 aliphatic rings. The number of nitrogens with zero attached hydrogens (tertiary/aromatic N) is 2. The third-order valence-electron chi connectivity index (χ3n) is 4.75. The molecule has 0 bridgehead atoms. The van der Waals surface area contributed by atoms with Crippen molar-refractivity contribution < 1.29 is 23.8 Å². The third-order valence-corrected chi connectivity index (χ3v) is 4.75. The number of ether oxygens (including phenoxy) is 3. The fraction of sp³-hybridized carbons (Fsp3) is 0.409. The van der Waals surface area contributed by atoms with E-state index in [1.54, 1.807) is 17.3 Å². The van der Waals surface area contributed by atoms with Gasteiger partial charge in [0.1, 0.15) is 18.3 Å². The molecule has 1 aromatic heterocycles. The highest BCUT2D eigenvalue weighted by Crippen LogP contribution is 2.44. The maximum atomic E-state index is 12.1. The van der Waals surface area contributed by atoms with Crippen molar-refractivity contribution in [3.8, 4) is 22.6 Å². The predicted octanol–water partition coefficient (Wildman–Crippen LogP) is 3.60. The van der Waals surface area contributed by atoms with E-state index in [-0.39, 0.29) is 18.1 Å². The molecule has 1 N–H and O–H groups in total. The van der Waals surface area contributed by atoms with Crippen molar-refractivity contribution in [1.82, 2.24) is 9.88 Å². The summed E-state index contributed by atoms with van der Waals surface area (Å²) in [6, 6.07) is 5.70. The maximum absolute atomic E-state index is 12.1. The molecule has 8 heteroatoms. The Morgan fingerprint density at radius 3 is 2.67 bits per heavy atom. The molecule has 2 aliphatic heterocycles. The largest absolute Gasteiger partial charge is 0.484 e. The number of pyridine rings is 1. The van der Waals surface area contributed by atoms with E-state index in [1.807, 2.05) is 39.0 Å². The Kier molecular flexibility index (Phi) is 5.01. The highest BCUT2D eigenvalue weighted by molar-refractivity contribution is 5.89. The first-order valence-electron chi connectivity index (χ1n) is 9.86. The van der Waals surface area contributed by atoms with E-state index in [1.165, 1.54) is 6.92 Å². The summed E-state index contributed by atoms with van der Waals surface area (Å²) in [5.41, 5.74) is 3.00. The summed E-state index contributed by atoms with van der Waals surface area (Å²) in [5, 5.41) is 2.78. The molecule has 158 valence electrons. The average molecular weight is 411 g/mol. The van der Waals surface area contributed by atoms with Gasteiger partial charge >= 0.3 is 6.09 Å². The first-order chi connectivity index (χ1) is 14.2. The number of benzene rings is 1. The number of fused-ring (bicyclic) bond motifs is 3. The van der Waals surface area contributed by atoms with Crippen LogP contribution in [-0.2, 0) is 16.1 Å². The Hall–Kier alpha value is -3.29. The van der Waals surface area contributed by atoms with Gasteiger partial charge in [-0.2, -0.15) is 0 Å². The molecule has 0 saturated carbocycles. The zero-order chi connectivity index (χ0) is 21.5. The number of hydrogen-bond donors (Lipinski definition) is 1. The normalized spacial score (nSPS) is 15.3. The number of rotatable bonds is 3. The van der Waals surface area contributed by atoms with E-state index < -0.39 is 5.60 Å². The Bertz CT molecular complexity index is 993. The summed E-state index contributed by atoms with van der Waals surface area (Å²) in [6.07, 6.45) is 2.89. The summed E-state index contributed by atoms with van der Waals surface area (Å²) < 4.78 is 17.4. The molecular weight excluding hydrogens is 386 g/mol. The number of nitrogens with one attached hydrogen (secondary N) is 1. The van der Waals surface area contributed by atoms with Gasteiger partial charge < -0.3 is 24.4 Å². The van der Waals surface area contributed by atoms with Gasteiger partial charge in [-0.25, -0.2) is 4.79 Å². The first kappa shape index (κ1) is 20.0. The van der Waals surface area contributed by atoms with Gasteiger partial charge in [0.05, 0.1) is 19.3 Å². The average Bonchev–Trinajstić information content (AvgIpc) is 2.61. The van der Waals surface area contributed by atoms with E-state index in [4.69, 9.17) is 14.2 Å². The number of aromatic nitrogens is 1. The molecular formula is C22H25N3O5. The summed E-state index contributed by atoms with van der Waals surface area (Å²) in [6.45, 7) is 8.28. The number of anilines is 1. The van der Waals surface area contributed by atoms with E-state index in [9.17, 15) is 9.59 Å². The molecule has 1 fully saturated rings. The van der Waals surface area contributed by atoms with Gasteiger partial charge in [-0.05, 0) is 44.0 Å². The van der Waals surface area contributed by atoms with Crippen LogP contribution in [0.1, 0.15) is 33.3 Å². The Balaban J connectivity index is 1.46. The van der Waals surface area contributed by atoms with Gasteiger partial charge in [-0.3, -0.25) is 9.78 Å². The SMILES string of the molecule is CC(=O)Nc1ccc2c(c1)COc1c(OC3CN(C(=O)OC(C)(C)C)C3)cncc1-2. The van der Waals surface area contributed by atoms with Crippen LogP contribution in [0.25, 0.3) is 11.1 Å². The molecule has 1 aromatic carbocycles. The molecule has 0 spiro atoms. The molecule has 1 saturated heterocycles. The Labute approximate surface area is 175 Å². The van der Waals surface area contributed by atoms with Gasteiger partial charge in [-0.15, -0.1) is 0 Å². The molecule has 0 radical (unpaired) electrons. The monoisotopic (exact) mass is 411 g/mol. The van der Waals surface area contributed by atoms with E-state index in [0.29, 0.717) is 31.2 Å². The molecule has 2 aromatic rings. The fourth-order valence-electron chi connectivity index (χ4n) is 3.43. The maximum Gasteiger partial charge on any atom is 0.410 e. The minimum Gasteiger partial charge on any atom is -0.484 e. The predicted molar refractivity (Wildman–Crippen MR) is 111 cm³/mol. The fourth-order valence-corrected chi connectivity index (χ4v) is 3.43. The van der Waals surface area contributed by atoms with E-state index in [2.05, 4.69) is 10.3 Å². The van der Waals surface area contributed by atoms with E-state index >= 15 is 0 Å². The number of carbonyl (C=O) groups is 2. The topological polar surface area (TPSA) is 90.0 Å². The highest BCUT2D eigenvalue weighted by Gasteiger charge is 2.36. The molecule has 4 rings (SSSR count). The lowest BCUT2D eigenvalue weighted by atomic mass is 9.97. The van der Waals surface area contributed by atoms with Crippen LogP contribution in [0.3, 0.4) is 0 Å². The van der Waals surface area contributed by atoms with Crippen LogP contribution in [0.15, 0.2) is 30.6 Å². The summed E-state index contributed by atoms with van der Waals surface area (Å²) in [7, 11) is 0. The smallest absolute Gasteiger partial charge is 0.410 e. The first-order valence-corrected chi connectivity index (χ1v) is 9.86. The molecule has 8 nitrogen and oxygen atoms in total. The van der Waals surface area contributed by atoms with Crippen molar-refractivity contribution in [3.05, 3.63) is 36.2 Å². The lowest BCUT2D eigenvalue weighted by Gasteiger charge is -2.39. The van der Waals surface area contributed by atoms with Gasteiger partial charge in [0.15, 0.2) is 11.5 Å². The molecule has 0 atom stereocenters. The van der Waals surface area contributed by atoms with Crippen molar-refractivity contribution in [3.63, 3.8) is 0 Å². The highest BCUT2D eigenvalue weighted by atomic mass is 16.6. The molecule has 3 heterocycles. The lowest BCUT2D eigenvalue weighted by Crippen LogP contribution is -2.57. The molecule has 0 unspecified atom stereocenters. The van der Waals surface area contributed by atoms with Crippen LogP contribution < -0.4 is 14.8 Å². The van der Waals surface area contributed by atoms with Crippen molar-refractivity contribution >= 4 is 17.7 Å². The van der Waals surface area contributed by atoms with Crippen LogP contribution in [-0.4, -0.2) is 46.7 Å². The lowest BCUT2D eigenvalue weighted by molar-refractivity contribution is -0.114. The second kappa shape index (κ2) is 7.51. The zero-order valence-electron chi connectivity index (χ0n) is 17.5. The van der Waals surface area contributed by atoms with E-state index in [0.717, 1.165) is 22.4 Å². The van der Waals surface area contributed by atoms with Crippen LogP contribution >= 0.6 is 0 Å². The van der Waals surface area contributed by atoms with Crippen molar-refractivity contribution in [2.45, 2.75) is 46.0 Å². The van der Waals surface area contributed by atoms with Crippen LogP contribution in [0.5, 0.6) is 11.5 Å². The summed E-state index contributed by atoms with van der Waals surface area (Å²) >= 11 is 0. The number of carbonyl (C=O) groups excluding carboxylic acids is 2. The Morgan fingerprint density at radius 2 is 1.97 bits per heavy atom. The van der Waals surface area contributed by atoms with Crippen LogP contribution in [0, 0.1) is 0 Å². The van der Waals surface area contributed by atoms with Gasteiger partial charge in [0, 0.05) is 24.4 Å². The van der Waals surface area contributed by atoms with Gasteiger partial charge in [-0.1, -0.05) is 6.07 Å². The van der Waals surface area contributed by atoms with Crippen molar-refractivity contribution in [1.29, 1.82) is 0 Å². The minimum absolute atomic E-state index is 0.120. The number of likely N-dealkylation sites (tertiary alicyclic amines) is 1. The number of hydrogen-bond acceptors (Lipinski definition) is 6. The third kappa shape index (κ3) is 4.17. The second-order valence-electron chi connectivity index (χ2n) is 8.48. The van der Waals surface area contributed by atoms with Crippen LogP contribution in [0.2, 0.25) is 0 Å². The Morgan fingerprint density at radius 1 is 1.20 bits per heavy atom. The standard InChI is InChI=1S/C22H25N3O5/c1-13(26)24-15-5-6-17-14(7-15)12-28-20-18(17)8-23-9-19(20)29-16-10-25(11-16)21(27)30-22(2,3)4/h5-9,16H,10-12H2,1-4H3,(H,24,26). The van der Waals surface area contributed by atoms with Gasteiger partial charge in [0.2, 0.25) is 5.91 Å². The summed E-state index contributed by atoms with van der Waals surface area (Å²) in [4.78, 5) is 29.3. The van der Waals surface area contributed by atoms with Crippen molar-refractivity contribution in [2.75, 3.05) is 18.4 Å². The van der Waals surface area contributed by atoms with Gasteiger partial charge in [0.25, 0.3) is 0 Å².